The molecular weight excluding hydrogens is 392 g/mol. The maximum atomic E-state index is 12.0. The molecule has 30 heavy (non-hydrogen) atoms. The van der Waals surface area contributed by atoms with E-state index in [1.807, 2.05) is 6.92 Å². The van der Waals surface area contributed by atoms with Crippen LogP contribution in [-0.2, 0) is 4.79 Å². The summed E-state index contributed by atoms with van der Waals surface area (Å²) in [6.45, 7) is 3.29. The molecule has 2 aromatic rings. The number of nitro groups is 1. The molecule has 1 aliphatic heterocycles. The summed E-state index contributed by atoms with van der Waals surface area (Å²) in [6.07, 6.45) is 4.49. The number of nitro benzene ring substituents is 1. The van der Waals surface area contributed by atoms with Crippen molar-refractivity contribution < 1.29 is 19.6 Å². The molecule has 1 aromatic heterocycles. The summed E-state index contributed by atoms with van der Waals surface area (Å²) in [4.78, 5) is 33.1. The van der Waals surface area contributed by atoms with Gasteiger partial charge in [0.25, 0.3) is 11.6 Å². The van der Waals surface area contributed by atoms with Crippen molar-refractivity contribution in [3.63, 3.8) is 0 Å². The number of hydrogen-bond acceptors (Lipinski definition) is 9. The fourth-order valence-corrected chi connectivity index (χ4v) is 2.94. The van der Waals surface area contributed by atoms with E-state index in [1.165, 1.54) is 18.6 Å². The van der Waals surface area contributed by atoms with Gasteiger partial charge in [0.2, 0.25) is 11.8 Å². The lowest BCUT2D eigenvalue weighted by molar-refractivity contribution is -0.384. The van der Waals surface area contributed by atoms with Gasteiger partial charge in [-0.05, 0) is 32.3 Å². The second kappa shape index (κ2) is 9.63. The monoisotopic (exact) mass is 414 g/mol. The van der Waals surface area contributed by atoms with E-state index < -0.39 is 10.8 Å². The number of phenolic OH excluding ortho intramolecular Hbond substituents is 1. The Kier molecular flexibility index (Phi) is 6.73. The summed E-state index contributed by atoms with van der Waals surface area (Å²) in [5.41, 5.74) is 2.88. The van der Waals surface area contributed by atoms with Crippen LogP contribution in [-0.4, -0.2) is 51.8 Å². The van der Waals surface area contributed by atoms with E-state index in [-0.39, 0.29) is 23.6 Å². The van der Waals surface area contributed by atoms with Crippen LogP contribution in [0.1, 0.15) is 30.5 Å². The van der Waals surface area contributed by atoms with Gasteiger partial charge in [-0.3, -0.25) is 14.9 Å². The van der Waals surface area contributed by atoms with E-state index in [0.717, 1.165) is 43.9 Å². The van der Waals surface area contributed by atoms with Crippen molar-refractivity contribution in [3.05, 3.63) is 45.6 Å². The SMILES string of the molecule is Cc1cc(OCC(=O)N/N=C/c2cc([N+](=O)[O-])ccc2O)nc(N2CCCCC2)n1. The van der Waals surface area contributed by atoms with Crippen LogP contribution in [0.3, 0.4) is 0 Å². The number of amides is 1. The lowest BCUT2D eigenvalue weighted by Gasteiger charge is -2.26. The molecule has 1 saturated heterocycles. The lowest BCUT2D eigenvalue weighted by atomic mass is 10.1. The third kappa shape index (κ3) is 5.63. The van der Waals surface area contributed by atoms with Crippen molar-refractivity contribution in [1.82, 2.24) is 15.4 Å². The van der Waals surface area contributed by atoms with E-state index in [9.17, 15) is 20.0 Å². The molecule has 0 unspecified atom stereocenters. The van der Waals surface area contributed by atoms with Crippen molar-refractivity contribution in [2.24, 2.45) is 5.10 Å². The number of rotatable bonds is 7. The molecular formula is C19H22N6O5. The van der Waals surface area contributed by atoms with Crippen molar-refractivity contribution >= 4 is 23.8 Å². The van der Waals surface area contributed by atoms with Gasteiger partial charge in [0, 0.05) is 42.5 Å². The van der Waals surface area contributed by atoms with E-state index in [1.54, 1.807) is 6.07 Å². The predicted octanol–water partition coefficient (Wildman–Crippen LogP) is 1.92. The van der Waals surface area contributed by atoms with Crippen molar-refractivity contribution in [2.45, 2.75) is 26.2 Å². The van der Waals surface area contributed by atoms with Gasteiger partial charge in [-0.15, -0.1) is 0 Å². The van der Waals surface area contributed by atoms with Crippen LogP contribution in [0.5, 0.6) is 11.6 Å². The molecule has 11 nitrogen and oxygen atoms in total. The van der Waals surface area contributed by atoms with Gasteiger partial charge in [-0.1, -0.05) is 0 Å². The number of aromatic hydroxyl groups is 1. The Labute approximate surface area is 172 Å². The second-order valence-electron chi connectivity index (χ2n) is 6.78. The Morgan fingerprint density at radius 2 is 2.10 bits per heavy atom. The highest BCUT2D eigenvalue weighted by Crippen LogP contribution is 2.21. The highest BCUT2D eigenvalue weighted by Gasteiger charge is 2.15. The number of carbonyl (C=O) groups is 1. The Balaban J connectivity index is 1.56. The zero-order chi connectivity index (χ0) is 21.5. The molecule has 0 spiro atoms. The minimum atomic E-state index is -0.592. The first kappa shape index (κ1) is 21.0. The minimum Gasteiger partial charge on any atom is -0.507 e. The van der Waals surface area contributed by atoms with Crippen LogP contribution in [0.2, 0.25) is 0 Å². The maximum Gasteiger partial charge on any atom is 0.278 e. The standard InChI is InChI=1S/C19H22N6O5/c1-13-9-18(22-19(21-13)24-7-3-2-4-8-24)30-12-17(27)23-20-11-14-10-15(25(28)29)5-6-16(14)26/h5-6,9-11,26H,2-4,7-8,12H2,1H3,(H,23,27)/b20-11+. The number of anilines is 1. The molecule has 2 N–H and O–H groups in total. The Bertz CT molecular complexity index is 958. The zero-order valence-corrected chi connectivity index (χ0v) is 16.4. The average molecular weight is 414 g/mol. The van der Waals surface area contributed by atoms with Gasteiger partial charge in [-0.2, -0.15) is 10.1 Å². The molecule has 158 valence electrons. The van der Waals surface area contributed by atoms with Crippen molar-refractivity contribution in [2.75, 3.05) is 24.6 Å². The topological polar surface area (TPSA) is 143 Å². The molecule has 11 heteroatoms. The minimum absolute atomic E-state index is 0.100. The number of piperidine rings is 1. The first-order chi connectivity index (χ1) is 14.4. The smallest absolute Gasteiger partial charge is 0.278 e. The predicted molar refractivity (Wildman–Crippen MR) is 109 cm³/mol. The molecule has 0 radical (unpaired) electrons. The third-order valence-corrected chi connectivity index (χ3v) is 4.42. The van der Waals surface area contributed by atoms with Gasteiger partial charge in [0.05, 0.1) is 11.1 Å². The van der Waals surface area contributed by atoms with Crippen LogP contribution in [0, 0.1) is 17.0 Å². The number of carbonyl (C=O) groups excluding carboxylic acids is 1. The summed E-state index contributed by atoms with van der Waals surface area (Å²) in [5, 5.41) is 24.2. The van der Waals surface area contributed by atoms with Crippen LogP contribution in [0.15, 0.2) is 29.4 Å². The first-order valence-electron chi connectivity index (χ1n) is 9.45. The van der Waals surface area contributed by atoms with E-state index in [2.05, 4.69) is 25.4 Å². The number of aryl methyl sites for hydroxylation is 1. The number of benzene rings is 1. The van der Waals surface area contributed by atoms with E-state index in [4.69, 9.17) is 4.74 Å². The highest BCUT2D eigenvalue weighted by molar-refractivity contribution is 5.86. The summed E-state index contributed by atoms with van der Waals surface area (Å²) < 4.78 is 5.45. The van der Waals surface area contributed by atoms with Gasteiger partial charge >= 0.3 is 0 Å². The molecule has 3 rings (SSSR count). The number of nitrogens with zero attached hydrogens (tertiary/aromatic N) is 5. The molecule has 0 atom stereocenters. The Hall–Kier alpha value is -3.76. The van der Waals surface area contributed by atoms with Gasteiger partial charge in [-0.25, -0.2) is 10.4 Å². The average Bonchev–Trinajstić information content (AvgIpc) is 2.73. The molecule has 1 aliphatic rings. The molecule has 2 heterocycles. The molecule has 1 aromatic carbocycles. The highest BCUT2D eigenvalue weighted by atomic mass is 16.6. The quantitative estimate of drug-likeness (QED) is 0.397. The van der Waals surface area contributed by atoms with Crippen molar-refractivity contribution in [1.29, 1.82) is 0 Å². The number of aromatic nitrogens is 2. The number of hydrogen-bond donors (Lipinski definition) is 2. The molecule has 1 amide bonds. The number of phenols is 1. The molecule has 0 saturated carbocycles. The molecule has 0 aliphatic carbocycles. The number of non-ortho nitro benzene ring substituents is 1. The lowest BCUT2D eigenvalue weighted by Crippen LogP contribution is -2.31. The van der Waals surface area contributed by atoms with Crippen molar-refractivity contribution in [3.8, 4) is 11.6 Å². The van der Waals surface area contributed by atoms with Gasteiger partial charge in [0.1, 0.15) is 5.75 Å². The number of ether oxygens (including phenoxy) is 1. The van der Waals surface area contributed by atoms with E-state index >= 15 is 0 Å². The maximum absolute atomic E-state index is 12.0. The Morgan fingerprint density at radius 1 is 1.33 bits per heavy atom. The van der Waals surface area contributed by atoms with Gasteiger partial charge < -0.3 is 14.7 Å². The second-order valence-corrected chi connectivity index (χ2v) is 6.78. The summed E-state index contributed by atoms with van der Waals surface area (Å²) in [7, 11) is 0. The van der Waals surface area contributed by atoms with Crippen LogP contribution >= 0.6 is 0 Å². The molecule has 0 bridgehead atoms. The first-order valence-corrected chi connectivity index (χ1v) is 9.45. The van der Waals surface area contributed by atoms with Crippen LogP contribution < -0.4 is 15.1 Å². The van der Waals surface area contributed by atoms with Gasteiger partial charge in [0.15, 0.2) is 6.61 Å². The normalized spacial score (nSPS) is 14.0. The van der Waals surface area contributed by atoms with Crippen LogP contribution in [0.25, 0.3) is 0 Å². The fourth-order valence-electron chi connectivity index (χ4n) is 2.94. The van der Waals surface area contributed by atoms with E-state index in [0.29, 0.717) is 11.8 Å². The summed E-state index contributed by atoms with van der Waals surface area (Å²) in [5.74, 6) is 0.131. The largest absolute Gasteiger partial charge is 0.507 e. The number of hydrazone groups is 1. The Morgan fingerprint density at radius 3 is 2.83 bits per heavy atom. The zero-order valence-electron chi connectivity index (χ0n) is 16.4. The summed E-state index contributed by atoms with van der Waals surface area (Å²) in [6, 6.07) is 5.14. The summed E-state index contributed by atoms with van der Waals surface area (Å²) >= 11 is 0. The third-order valence-electron chi connectivity index (χ3n) is 4.42. The van der Waals surface area contributed by atoms with Crippen LogP contribution in [0.4, 0.5) is 11.6 Å². The number of nitrogens with one attached hydrogen (secondary N) is 1. The fraction of sp³-hybridized carbons (Fsp3) is 0.368. The molecule has 1 fully saturated rings.